The lowest BCUT2D eigenvalue weighted by molar-refractivity contribution is 0.00497. The molecule has 156 valence electrons. The van der Waals surface area contributed by atoms with E-state index in [1.54, 1.807) is 12.1 Å². The van der Waals surface area contributed by atoms with Gasteiger partial charge in [0, 0.05) is 19.1 Å². The van der Waals surface area contributed by atoms with Crippen molar-refractivity contribution >= 4 is 10.0 Å². The van der Waals surface area contributed by atoms with Gasteiger partial charge in [-0.15, -0.1) is 0 Å². The Morgan fingerprint density at radius 1 is 1.00 bits per heavy atom. The van der Waals surface area contributed by atoms with Crippen LogP contribution in [0.4, 0.5) is 0 Å². The number of sulfonamides is 1. The van der Waals surface area contributed by atoms with E-state index < -0.39 is 10.0 Å². The molecule has 0 aromatic heterocycles. The van der Waals surface area contributed by atoms with Gasteiger partial charge < -0.3 is 4.74 Å². The number of hydrogen-bond donors (Lipinski definition) is 1. The summed E-state index contributed by atoms with van der Waals surface area (Å²) in [5, 5.41) is 0. The summed E-state index contributed by atoms with van der Waals surface area (Å²) >= 11 is 0. The molecular weight excluding hydrogens is 384 g/mol. The molecule has 0 radical (unpaired) electrons. The molecule has 2 fully saturated rings. The molecule has 2 aromatic rings. The van der Waals surface area contributed by atoms with Crippen molar-refractivity contribution in [3.8, 4) is 0 Å². The fourth-order valence-electron chi connectivity index (χ4n) is 4.74. The highest BCUT2D eigenvalue weighted by molar-refractivity contribution is 7.89. The molecule has 2 aromatic carbocycles. The van der Waals surface area contributed by atoms with Crippen LogP contribution in [-0.4, -0.2) is 45.7 Å². The summed E-state index contributed by atoms with van der Waals surface area (Å²) in [5.74, 6) is 0.246. The molecule has 3 atom stereocenters. The first-order valence-electron chi connectivity index (χ1n) is 10.5. The molecule has 1 heterocycles. The van der Waals surface area contributed by atoms with Gasteiger partial charge in [-0.1, -0.05) is 54.4 Å². The summed E-state index contributed by atoms with van der Waals surface area (Å²) < 4.78 is 35.0. The zero-order valence-electron chi connectivity index (χ0n) is 17.0. The molecule has 5 nitrogen and oxygen atoms in total. The van der Waals surface area contributed by atoms with Crippen LogP contribution in [0.15, 0.2) is 59.5 Å². The maximum atomic E-state index is 13.2. The van der Waals surface area contributed by atoms with Crippen LogP contribution in [0.1, 0.15) is 36.4 Å². The molecular formula is C23H30N2O3S. The number of nitrogens with one attached hydrogen (secondary N) is 1. The lowest BCUT2D eigenvalue weighted by Crippen LogP contribution is -2.48. The Morgan fingerprint density at radius 2 is 1.69 bits per heavy atom. The minimum atomic E-state index is -3.61. The summed E-state index contributed by atoms with van der Waals surface area (Å²) in [6.07, 6.45) is 3.26. The first-order valence-corrected chi connectivity index (χ1v) is 12.0. The number of benzene rings is 2. The number of hydrogen-bond acceptors (Lipinski definition) is 4. The van der Waals surface area contributed by atoms with Gasteiger partial charge in [0.2, 0.25) is 10.0 Å². The molecule has 4 rings (SSSR count). The van der Waals surface area contributed by atoms with Gasteiger partial charge in [-0.3, -0.25) is 4.90 Å². The van der Waals surface area contributed by atoms with Crippen LogP contribution in [-0.2, 0) is 14.8 Å². The Bertz CT molecular complexity index is 893. The van der Waals surface area contributed by atoms with Gasteiger partial charge >= 0.3 is 0 Å². The summed E-state index contributed by atoms with van der Waals surface area (Å²) in [5.41, 5.74) is 2.08. The van der Waals surface area contributed by atoms with Crippen LogP contribution < -0.4 is 4.72 Å². The normalized spacial score (nSPS) is 24.4. The minimum Gasteiger partial charge on any atom is -0.379 e. The molecule has 0 spiro atoms. The van der Waals surface area contributed by atoms with Gasteiger partial charge in [-0.2, -0.15) is 0 Å². The summed E-state index contributed by atoms with van der Waals surface area (Å²) in [6.45, 7) is 5.32. The Hall–Kier alpha value is -1.73. The van der Waals surface area contributed by atoms with Crippen LogP contribution >= 0.6 is 0 Å². The van der Waals surface area contributed by atoms with Crippen molar-refractivity contribution in [3.05, 3.63) is 65.7 Å². The Kier molecular flexibility index (Phi) is 6.35. The minimum absolute atomic E-state index is 0.238. The molecule has 29 heavy (non-hydrogen) atoms. The Labute approximate surface area is 174 Å². The standard InChI is InChI=1S/C23H30N2O3S/c1-18-10-12-20(13-11-18)29(26,27)24-23(19-6-3-2-4-7-19)21-8-5-9-22(21)25-14-16-28-17-15-25/h2-4,6-7,10-13,21-24H,5,8-9,14-17H2,1H3/t21-,22-,23+/m0/s1. The van der Waals surface area contributed by atoms with Gasteiger partial charge in [0.25, 0.3) is 0 Å². The van der Waals surface area contributed by atoms with Crippen molar-refractivity contribution in [3.63, 3.8) is 0 Å². The van der Waals surface area contributed by atoms with Crippen molar-refractivity contribution in [2.75, 3.05) is 26.3 Å². The average molecular weight is 415 g/mol. The third kappa shape index (κ3) is 4.72. The largest absolute Gasteiger partial charge is 0.379 e. The van der Waals surface area contributed by atoms with E-state index in [1.165, 1.54) is 0 Å². The van der Waals surface area contributed by atoms with Gasteiger partial charge in [0.15, 0.2) is 0 Å². The lowest BCUT2D eigenvalue weighted by atomic mass is 9.88. The Balaban J connectivity index is 1.64. The number of rotatable bonds is 6. The highest BCUT2D eigenvalue weighted by atomic mass is 32.2. The van der Waals surface area contributed by atoms with Crippen molar-refractivity contribution in [2.45, 2.75) is 43.2 Å². The van der Waals surface area contributed by atoms with E-state index in [-0.39, 0.29) is 12.0 Å². The van der Waals surface area contributed by atoms with E-state index >= 15 is 0 Å². The molecule has 1 aliphatic heterocycles. The first kappa shape index (κ1) is 20.5. The predicted molar refractivity (Wildman–Crippen MR) is 114 cm³/mol. The van der Waals surface area contributed by atoms with Crippen LogP contribution in [0.5, 0.6) is 0 Å². The maximum absolute atomic E-state index is 13.2. The van der Waals surface area contributed by atoms with E-state index in [9.17, 15) is 8.42 Å². The number of aryl methyl sites for hydroxylation is 1. The molecule has 2 aliphatic rings. The SMILES string of the molecule is Cc1ccc(S(=O)(=O)N[C@H](c2ccccc2)[C@H]2CCC[C@@H]2N2CCOCC2)cc1. The van der Waals surface area contributed by atoms with Gasteiger partial charge in [0.1, 0.15) is 0 Å². The first-order chi connectivity index (χ1) is 14.0. The van der Waals surface area contributed by atoms with Crippen molar-refractivity contribution in [1.82, 2.24) is 9.62 Å². The van der Waals surface area contributed by atoms with Gasteiger partial charge in [-0.05, 0) is 43.4 Å². The lowest BCUT2D eigenvalue weighted by Gasteiger charge is -2.38. The summed E-state index contributed by atoms with van der Waals surface area (Å²) in [4.78, 5) is 2.82. The third-order valence-electron chi connectivity index (χ3n) is 6.25. The third-order valence-corrected chi connectivity index (χ3v) is 7.70. The fourth-order valence-corrected chi connectivity index (χ4v) is 6.01. The predicted octanol–water partition coefficient (Wildman–Crippen LogP) is 3.52. The summed E-state index contributed by atoms with van der Waals surface area (Å²) in [6, 6.07) is 17.2. The summed E-state index contributed by atoms with van der Waals surface area (Å²) in [7, 11) is -3.61. The molecule has 1 N–H and O–H groups in total. The van der Waals surface area contributed by atoms with Crippen molar-refractivity contribution in [2.24, 2.45) is 5.92 Å². The van der Waals surface area contributed by atoms with E-state index in [2.05, 4.69) is 9.62 Å². The quantitative estimate of drug-likeness (QED) is 0.786. The highest BCUT2D eigenvalue weighted by Gasteiger charge is 2.40. The number of morpholine rings is 1. The highest BCUT2D eigenvalue weighted by Crippen LogP contribution is 2.40. The fraction of sp³-hybridized carbons (Fsp3) is 0.478. The molecule has 0 amide bonds. The molecule has 0 bridgehead atoms. The maximum Gasteiger partial charge on any atom is 0.241 e. The zero-order valence-corrected chi connectivity index (χ0v) is 17.8. The Morgan fingerprint density at radius 3 is 2.38 bits per heavy atom. The number of nitrogens with zero attached hydrogens (tertiary/aromatic N) is 1. The molecule has 1 saturated heterocycles. The number of ether oxygens (including phenoxy) is 1. The molecule has 0 unspecified atom stereocenters. The van der Waals surface area contributed by atoms with Crippen LogP contribution in [0.3, 0.4) is 0 Å². The molecule has 1 aliphatic carbocycles. The zero-order chi connectivity index (χ0) is 20.3. The second-order valence-electron chi connectivity index (χ2n) is 8.13. The monoisotopic (exact) mass is 414 g/mol. The second kappa shape index (κ2) is 8.96. The van der Waals surface area contributed by atoms with Crippen LogP contribution in [0, 0.1) is 12.8 Å². The van der Waals surface area contributed by atoms with E-state index in [0.29, 0.717) is 10.9 Å². The topological polar surface area (TPSA) is 58.6 Å². The van der Waals surface area contributed by atoms with E-state index in [1.807, 2.05) is 49.4 Å². The van der Waals surface area contributed by atoms with E-state index in [4.69, 9.17) is 4.74 Å². The van der Waals surface area contributed by atoms with Crippen LogP contribution in [0.25, 0.3) is 0 Å². The van der Waals surface area contributed by atoms with Crippen molar-refractivity contribution in [1.29, 1.82) is 0 Å². The van der Waals surface area contributed by atoms with Gasteiger partial charge in [-0.25, -0.2) is 13.1 Å². The van der Waals surface area contributed by atoms with Crippen molar-refractivity contribution < 1.29 is 13.2 Å². The van der Waals surface area contributed by atoms with Gasteiger partial charge in [0.05, 0.1) is 24.2 Å². The van der Waals surface area contributed by atoms with Crippen LogP contribution in [0.2, 0.25) is 0 Å². The molecule has 6 heteroatoms. The second-order valence-corrected chi connectivity index (χ2v) is 9.85. The average Bonchev–Trinajstić information content (AvgIpc) is 3.23. The smallest absolute Gasteiger partial charge is 0.241 e. The molecule has 1 saturated carbocycles. The van der Waals surface area contributed by atoms with E-state index in [0.717, 1.165) is 56.7 Å².